The van der Waals surface area contributed by atoms with Crippen molar-refractivity contribution < 1.29 is 9.53 Å². The number of amides is 1. The van der Waals surface area contributed by atoms with E-state index in [1.807, 2.05) is 31.5 Å². The summed E-state index contributed by atoms with van der Waals surface area (Å²) < 4.78 is 7.42. The summed E-state index contributed by atoms with van der Waals surface area (Å²) in [5.41, 5.74) is 9.32. The molecular formula is C21H25N9O2. The van der Waals surface area contributed by atoms with Crippen molar-refractivity contribution in [2.75, 3.05) is 18.8 Å². The Hall–Kier alpha value is -3.76. The van der Waals surface area contributed by atoms with Gasteiger partial charge in [0.1, 0.15) is 23.4 Å². The van der Waals surface area contributed by atoms with Crippen molar-refractivity contribution in [1.29, 1.82) is 0 Å². The molecule has 0 bridgehead atoms. The van der Waals surface area contributed by atoms with Crippen molar-refractivity contribution in [3.05, 3.63) is 24.9 Å². The number of hydrogen-bond acceptors (Lipinski definition) is 8. The van der Waals surface area contributed by atoms with Crippen LogP contribution >= 0.6 is 0 Å². The summed E-state index contributed by atoms with van der Waals surface area (Å²) in [6.45, 7) is 6.77. The number of rotatable bonds is 2. The van der Waals surface area contributed by atoms with Gasteiger partial charge in [-0.25, -0.2) is 29.4 Å². The van der Waals surface area contributed by atoms with Crippen LogP contribution in [0.5, 0.6) is 0 Å². The minimum absolute atomic E-state index is 0.0723. The van der Waals surface area contributed by atoms with Crippen LogP contribution in [0.25, 0.3) is 33.5 Å². The summed E-state index contributed by atoms with van der Waals surface area (Å²) in [5, 5.41) is 5.59. The molecule has 0 spiro atoms. The second-order valence-corrected chi connectivity index (χ2v) is 8.95. The van der Waals surface area contributed by atoms with Gasteiger partial charge in [-0.05, 0) is 39.7 Å². The van der Waals surface area contributed by atoms with Crippen LogP contribution in [-0.2, 0) is 4.74 Å². The maximum Gasteiger partial charge on any atom is 0.410 e. The molecule has 1 aliphatic heterocycles. The van der Waals surface area contributed by atoms with E-state index in [-0.39, 0.29) is 12.1 Å². The van der Waals surface area contributed by atoms with Gasteiger partial charge in [0, 0.05) is 24.8 Å². The number of H-pyrrole nitrogens is 1. The summed E-state index contributed by atoms with van der Waals surface area (Å²) in [6, 6.07) is 2.02. The first kappa shape index (κ1) is 20.2. The van der Waals surface area contributed by atoms with Crippen LogP contribution in [0.4, 0.5) is 10.6 Å². The second-order valence-electron chi connectivity index (χ2n) is 8.95. The third-order valence-corrected chi connectivity index (χ3v) is 5.53. The number of aromatic nitrogens is 7. The van der Waals surface area contributed by atoms with E-state index in [4.69, 9.17) is 15.6 Å². The Balaban J connectivity index is 1.47. The highest BCUT2D eigenvalue weighted by Gasteiger charge is 2.30. The Morgan fingerprint density at radius 3 is 2.72 bits per heavy atom. The molecule has 0 atom stereocenters. The molecule has 1 fully saturated rings. The number of imidazole rings is 1. The number of carbonyl (C=O) groups is 1. The molecule has 0 radical (unpaired) electrons. The van der Waals surface area contributed by atoms with Gasteiger partial charge in [-0.1, -0.05) is 0 Å². The first-order valence-electron chi connectivity index (χ1n) is 10.6. The topological polar surface area (TPSA) is 141 Å². The molecule has 0 saturated carbocycles. The molecule has 166 valence electrons. The van der Waals surface area contributed by atoms with Crippen molar-refractivity contribution in [2.24, 2.45) is 0 Å². The number of fused-ring (bicyclic) bond motifs is 2. The Kier molecular flexibility index (Phi) is 4.68. The van der Waals surface area contributed by atoms with Crippen molar-refractivity contribution >= 4 is 34.1 Å². The predicted octanol–water partition coefficient (Wildman–Crippen LogP) is 2.92. The quantitative estimate of drug-likeness (QED) is 0.490. The Bertz CT molecular complexity index is 1300. The Morgan fingerprint density at radius 2 is 1.97 bits per heavy atom. The summed E-state index contributed by atoms with van der Waals surface area (Å²) in [7, 11) is 0. The van der Waals surface area contributed by atoms with Crippen molar-refractivity contribution in [2.45, 2.75) is 45.3 Å². The second kappa shape index (κ2) is 7.43. The minimum Gasteiger partial charge on any atom is -0.444 e. The normalized spacial score (nSPS) is 15.5. The lowest BCUT2D eigenvalue weighted by Crippen LogP contribution is -2.42. The molecule has 4 aromatic rings. The molecule has 5 heterocycles. The highest BCUT2D eigenvalue weighted by molar-refractivity contribution is 5.99. The fourth-order valence-corrected chi connectivity index (χ4v) is 4.03. The number of hydrogen-bond donors (Lipinski definition) is 2. The van der Waals surface area contributed by atoms with Crippen LogP contribution in [0.15, 0.2) is 24.9 Å². The van der Waals surface area contributed by atoms with Crippen LogP contribution < -0.4 is 5.73 Å². The molecule has 3 N–H and O–H groups in total. The van der Waals surface area contributed by atoms with Gasteiger partial charge in [0.25, 0.3) is 0 Å². The average molecular weight is 435 g/mol. The van der Waals surface area contributed by atoms with Crippen LogP contribution in [0.3, 0.4) is 0 Å². The zero-order chi connectivity index (χ0) is 22.5. The molecule has 5 rings (SSSR count). The fraction of sp³-hybridized carbons (Fsp3) is 0.429. The summed E-state index contributed by atoms with van der Waals surface area (Å²) >= 11 is 0. The average Bonchev–Trinajstić information content (AvgIpc) is 3.37. The number of ether oxygens (including phenoxy) is 1. The maximum atomic E-state index is 12.4. The summed E-state index contributed by atoms with van der Waals surface area (Å²) in [5.74, 6) is 0.368. The zero-order valence-electron chi connectivity index (χ0n) is 18.2. The number of nitrogens with zero attached hydrogens (tertiary/aromatic N) is 7. The molecular weight excluding hydrogens is 410 g/mol. The van der Waals surface area contributed by atoms with Gasteiger partial charge in [0.2, 0.25) is 0 Å². The maximum absolute atomic E-state index is 12.4. The first-order valence-corrected chi connectivity index (χ1v) is 10.6. The van der Waals surface area contributed by atoms with E-state index < -0.39 is 5.60 Å². The largest absolute Gasteiger partial charge is 0.444 e. The predicted molar refractivity (Wildman–Crippen MR) is 119 cm³/mol. The highest BCUT2D eigenvalue weighted by Crippen LogP contribution is 2.34. The lowest BCUT2D eigenvalue weighted by Gasteiger charge is -2.33. The number of nitrogens with one attached hydrogen (secondary N) is 1. The standard InChI is InChI=1S/C21H25N9O2/c1-21(2,3)32-20(31)29-6-4-13(5-7-29)30-19-15(17(22)25-11-27-19)16(28-30)12-8-14-18(23-9-12)26-10-24-14/h8-11,13H,4-7H2,1-3H3,(H2,22,25,27)(H,23,24,26). The number of anilines is 1. The molecule has 11 nitrogen and oxygen atoms in total. The third kappa shape index (κ3) is 3.59. The number of pyridine rings is 1. The molecule has 1 amide bonds. The van der Waals surface area contributed by atoms with E-state index in [1.54, 1.807) is 17.4 Å². The molecule has 1 aliphatic rings. The van der Waals surface area contributed by atoms with E-state index in [2.05, 4.69) is 24.9 Å². The lowest BCUT2D eigenvalue weighted by molar-refractivity contribution is 0.0186. The van der Waals surface area contributed by atoms with Gasteiger partial charge in [-0.3, -0.25) is 0 Å². The van der Waals surface area contributed by atoms with E-state index in [1.165, 1.54) is 6.33 Å². The van der Waals surface area contributed by atoms with E-state index in [0.717, 1.165) is 23.9 Å². The zero-order valence-corrected chi connectivity index (χ0v) is 18.2. The summed E-state index contributed by atoms with van der Waals surface area (Å²) in [4.78, 5) is 34.5. The minimum atomic E-state index is -0.515. The number of likely N-dealkylation sites (tertiary alicyclic amines) is 1. The Labute approximate surface area is 184 Å². The van der Waals surface area contributed by atoms with Gasteiger partial charge in [-0.15, -0.1) is 0 Å². The van der Waals surface area contributed by atoms with E-state index >= 15 is 0 Å². The molecule has 0 aliphatic carbocycles. The molecule has 1 saturated heterocycles. The van der Waals surface area contributed by atoms with E-state index in [0.29, 0.717) is 41.3 Å². The van der Waals surface area contributed by atoms with Crippen LogP contribution in [0.2, 0.25) is 0 Å². The van der Waals surface area contributed by atoms with Crippen LogP contribution in [0.1, 0.15) is 39.7 Å². The highest BCUT2D eigenvalue weighted by atomic mass is 16.6. The van der Waals surface area contributed by atoms with Gasteiger partial charge >= 0.3 is 6.09 Å². The Morgan fingerprint density at radius 1 is 1.19 bits per heavy atom. The number of aromatic amines is 1. The molecule has 0 unspecified atom stereocenters. The third-order valence-electron chi connectivity index (χ3n) is 5.53. The van der Waals surface area contributed by atoms with Crippen molar-refractivity contribution in [3.63, 3.8) is 0 Å². The van der Waals surface area contributed by atoms with Gasteiger partial charge in [0.15, 0.2) is 11.3 Å². The fourth-order valence-electron chi connectivity index (χ4n) is 4.03. The van der Waals surface area contributed by atoms with Crippen molar-refractivity contribution in [1.82, 2.24) is 39.6 Å². The lowest BCUT2D eigenvalue weighted by atomic mass is 10.1. The van der Waals surface area contributed by atoms with Crippen LogP contribution in [0, 0.1) is 0 Å². The van der Waals surface area contributed by atoms with Gasteiger partial charge in [-0.2, -0.15) is 5.10 Å². The molecule has 32 heavy (non-hydrogen) atoms. The summed E-state index contributed by atoms with van der Waals surface area (Å²) in [6.07, 6.45) is 5.97. The number of nitrogens with two attached hydrogens (primary N) is 1. The van der Waals surface area contributed by atoms with Crippen LogP contribution in [-0.4, -0.2) is 64.4 Å². The SMILES string of the molecule is CC(C)(C)OC(=O)N1CCC(n2nc(-c3cnc4nc[nH]c4c3)c3c(N)ncnc32)CC1. The number of carbonyl (C=O) groups excluding carboxylic acids is 1. The molecule has 4 aromatic heterocycles. The van der Waals surface area contributed by atoms with E-state index in [9.17, 15) is 4.79 Å². The molecule has 11 heteroatoms. The smallest absolute Gasteiger partial charge is 0.410 e. The molecule has 0 aromatic carbocycles. The number of piperidine rings is 1. The monoisotopic (exact) mass is 435 g/mol. The van der Waals surface area contributed by atoms with Gasteiger partial charge < -0.3 is 20.4 Å². The van der Waals surface area contributed by atoms with Gasteiger partial charge in [0.05, 0.1) is 23.3 Å². The van der Waals surface area contributed by atoms with Crippen molar-refractivity contribution in [3.8, 4) is 11.3 Å². The first-order chi connectivity index (χ1) is 15.3. The number of nitrogen functional groups attached to an aromatic ring is 1.